The third-order valence-corrected chi connectivity index (χ3v) is 11.9. The zero-order valence-electron chi connectivity index (χ0n) is 31.4. The van der Waals surface area contributed by atoms with E-state index in [0.29, 0.717) is 52.0 Å². The highest BCUT2D eigenvalue weighted by molar-refractivity contribution is 5.98. The van der Waals surface area contributed by atoms with E-state index in [1.54, 1.807) is 33.9 Å². The summed E-state index contributed by atoms with van der Waals surface area (Å²) >= 11 is 0. The van der Waals surface area contributed by atoms with E-state index in [9.17, 15) is 24.3 Å². The van der Waals surface area contributed by atoms with Gasteiger partial charge < -0.3 is 34.0 Å². The minimum absolute atomic E-state index is 0.104. The number of hydrogen-bond donors (Lipinski definition) is 1. The first-order valence-electron chi connectivity index (χ1n) is 19.0. The van der Waals surface area contributed by atoms with Crippen molar-refractivity contribution in [3.8, 4) is 0 Å². The average Bonchev–Trinajstić information content (AvgIpc) is 3.82. The highest BCUT2D eigenvalue weighted by Crippen LogP contribution is 2.59. The van der Waals surface area contributed by atoms with Gasteiger partial charge in [0.25, 0.3) is 0 Å². The van der Waals surface area contributed by atoms with Gasteiger partial charge in [-0.25, -0.2) is 0 Å². The number of allylic oxidation sites excluding steroid dienone is 1. The van der Waals surface area contributed by atoms with Crippen molar-refractivity contribution < 1.29 is 38.5 Å². The van der Waals surface area contributed by atoms with Crippen LogP contribution in [0.5, 0.6) is 0 Å². The number of nitrogens with zero attached hydrogens (tertiary/aromatic N) is 4. The van der Waals surface area contributed by atoms with Gasteiger partial charge in [-0.2, -0.15) is 0 Å². The molecule has 0 saturated carbocycles. The molecule has 0 radical (unpaired) electrons. The van der Waals surface area contributed by atoms with Crippen molar-refractivity contribution in [1.29, 1.82) is 0 Å². The summed E-state index contributed by atoms with van der Waals surface area (Å²) in [7, 11) is 1.70. The van der Waals surface area contributed by atoms with Gasteiger partial charge in [-0.15, -0.1) is 13.2 Å². The van der Waals surface area contributed by atoms with E-state index in [1.165, 1.54) is 0 Å². The topological polar surface area (TPSA) is 129 Å². The molecule has 12 nitrogen and oxygen atoms in total. The van der Waals surface area contributed by atoms with Crippen LogP contribution in [0.4, 0.5) is 0 Å². The zero-order valence-corrected chi connectivity index (χ0v) is 31.4. The molecular weight excluding hydrogens is 664 g/mol. The number of carbonyl (C=O) groups is 4. The second-order valence-corrected chi connectivity index (χ2v) is 14.8. The number of likely N-dealkylation sites (tertiary alicyclic amines) is 1. The summed E-state index contributed by atoms with van der Waals surface area (Å²) in [5.41, 5.74) is -0.539. The molecule has 1 aromatic carbocycles. The van der Waals surface area contributed by atoms with Gasteiger partial charge in [0, 0.05) is 46.2 Å². The number of morpholine rings is 1. The van der Waals surface area contributed by atoms with E-state index in [4.69, 9.17) is 14.2 Å². The van der Waals surface area contributed by atoms with Gasteiger partial charge in [-0.1, -0.05) is 62.8 Å². The Balaban J connectivity index is 1.48. The van der Waals surface area contributed by atoms with Crippen LogP contribution in [0.3, 0.4) is 0 Å². The fourth-order valence-corrected chi connectivity index (χ4v) is 8.64. The first-order chi connectivity index (χ1) is 25.0. The SMILES string of the molecule is C=CCCC(=O)N(C)[C@H](C)[C@H](OC(=O)[C@@H]1[C@@H]2CC[C@]3(O2)[C@H](C(=O)N(CC=C)CCN2CCOCC2)N([C@@H](CO)[C@@H](C)CC)C(=O)[C@@H]13)c1ccccc1. The minimum Gasteiger partial charge on any atom is -0.455 e. The number of ether oxygens (including phenoxy) is 3. The Bertz CT molecular complexity index is 1440. The van der Waals surface area contributed by atoms with Crippen LogP contribution in [0.15, 0.2) is 55.6 Å². The fourth-order valence-electron chi connectivity index (χ4n) is 8.64. The van der Waals surface area contributed by atoms with Gasteiger partial charge in [0.2, 0.25) is 17.7 Å². The number of rotatable bonds is 18. The molecule has 1 spiro atoms. The molecule has 4 saturated heterocycles. The van der Waals surface area contributed by atoms with Crippen LogP contribution >= 0.6 is 0 Å². The molecule has 9 atom stereocenters. The van der Waals surface area contributed by atoms with E-state index in [1.807, 2.05) is 51.1 Å². The summed E-state index contributed by atoms with van der Waals surface area (Å²) < 4.78 is 18.6. The molecule has 4 fully saturated rings. The largest absolute Gasteiger partial charge is 0.455 e. The predicted octanol–water partition coefficient (Wildman–Crippen LogP) is 3.21. The third-order valence-electron chi connectivity index (χ3n) is 11.9. The molecule has 0 aromatic heterocycles. The Kier molecular flexibility index (Phi) is 13.3. The molecule has 0 aliphatic carbocycles. The standard InChI is InChI=1S/C40H58N4O8/c1-7-10-16-32(46)41(6)28(5)35(29-14-12-11-13-15-29)51-39(49)33-31-17-18-40(52-31)34(33)37(47)44(30(26-45)27(4)9-3)36(40)38(48)43(19-8-2)21-20-42-22-24-50-25-23-42/h7-8,11-15,27-28,30-31,33-36,45H,1-2,9-10,16-26H2,3-6H3/t27-,28+,30-,31-,33+,34+,35-,36-,40+/m0/s1. The van der Waals surface area contributed by atoms with Gasteiger partial charge in [0.1, 0.15) is 17.7 Å². The lowest BCUT2D eigenvalue weighted by Crippen LogP contribution is -2.60. The zero-order chi connectivity index (χ0) is 37.6. The van der Waals surface area contributed by atoms with Crippen molar-refractivity contribution in [2.75, 3.05) is 59.6 Å². The van der Waals surface area contributed by atoms with E-state index in [2.05, 4.69) is 18.1 Å². The molecule has 4 aliphatic rings. The van der Waals surface area contributed by atoms with Crippen LogP contribution in [0, 0.1) is 17.8 Å². The highest BCUT2D eigenvalue weighted by Gasteiger charge is 2.76. The van der Waals surface area contributed by atoms with Gasteiger partial charge in [-0.05, 0) is 37.7 Å². The van der Waals surface area contributed by atoms with Crippen LogP contribution in [-0.2, 0) is 33.4 Å². The predicted molar refractivity (Wildman–Crippen MR) is 196 cm³/mol. The molecule has 3 amide bonds. The van der Waals surface area contributed by atoms with Crippen LogP contribution in [0.25, 0.3) is 0 Å². The Morgan fingerprint density at radius 1 is 1.13 bits per heavy atom. The fraction of sp³-hybridized carbons (Fsp3) is 0.650. The number of hydrogen-bond acceptors (Lipinski definition) is 9. The molecule has 12 heteroatoms. The number of aliphatic hydroxyl groups is 1. The second-order valence-electron chi connectivity index (χ2n) is 14.8. The van der Waals surface area contributed by atoms with Gasteiger partial charge in [0.15, 0.2) is 0 Å². The van der Waals surface area contributed by atoms with Crippen LogP contribution in [0.2, 0.25) is 0 Å². The van der Waals surface area contributed by atoms with Gasteiger partial charge in [-0.3, -0.25) is 24.1 Å². The van der Waals surface area contributed by atoms with E-state index in [-0.39, 0.29) is 43.2 Å². The van der Waals surface area contributed by atoms with Crippen LogP contribution < -0.4 is 0 Å². The number of aliphatic hydroxyl groups excluding tert-OH is 1. The van der Waals surface area contributed by atoms with Gasteiger partial charge in [0.05, 0.1) is 49.8 Å². The Morgan fingerprint density at radius 3 is 2.48 bits per heavy atom. The number of carbonyl (C=O) groups excluding carboxylic acids is 4. The minimum atomic E-state index is -1.26. The number of esters is 1. The van der Waals surface area contributed by atoms with Crippen LogP contribution in [-0.4, -0.2) is 138 Å². The quantitative estimate of drug-likeness (QED) is 0.180. The maximum Gasteiger partial charge on any atom is 0.313 e. The van der Waals surface area contributed by atoms with Crippen molar-refractivity contribution >= 4 is 23.7 Å². The molecule has 5 rings (SSSR count). The highest BCUT2D eigenvalue weighted by atomic mass is 16.6. The average molecular weight is 723 g/mol. The molecule has 1 aromatic rings. The van der Waals surface area contributed by atoms with Crippen molar-refractivity contribution in [3.05, 3.63) is 61.2 Å². The van der Waals surface area contributed by atoms with Crippen molar-refractivity contribution in [3.63, 3.8) is 0 Å². The summed E-state index contributed by atoms with van der Waals surface area (Å²) in [4.78, 5) is 64.4. The molecular formula is C40H58N4O8. The molecule has 2 bridgehead atoms. The summed E-state index contributed by atoms with van der Waals surface area (Å²) in [5.74, 6) is -3.38. The summed E-state index contributed by atoms with van der Waals surface area (Å²) in [6, 6.07) is 7.09. The first kappa shape index (κ1) is 39.6. The smallest absolute Gasteiger partial charge is 0.313 e. The van der Waals surface area contributed by atoms with Crippen molar-refractivity contribution in [2.24, 2.45) is 17.8 Å². The summed E-state index contributed by atoms with van der Waals surface area (Å²) in [6.45, 7) is 17.2. The maximum absolute atomic E-state index is 14.9. The number of fused-ring (bicyclic) bond motifs is 1. The summed E-state index contributed by atoms with van der Waals surface area (Å²) in [5, 5.41) is 10.8. The molecule has 1 N–H and O–H groups in total. The normalized spacial score (nSPS) is 27.7. The Labute approximate surface area is 308 Å². The molecule has 286 valence electrons. The lowest BCUT2D eigenvalue weighted by Gasteiger charge is -2.41. The number of amides is 3. The molecule has 52 heavy (non-hydrogen) atoms. The van der Waals surface area contributed by atoms with Crippen molar-refractivity contribution in [2.45, 2.75) is 88.8 Å². The monoisotopic (exact) mass is 722 g/mol. The number of benzene rings is 1. The first-order valence-corrected chi connectivity index (χ1v) is 19.0. The number of likely N-dealkylation sites (N-methyl/N-ethyl adjacent to an activating group) is 1. The van der Waals surface area contributed by atoms with Gasteiger partial charge >= 0.3 is 5.97 Å². The maximum atomic E-state index is 14.9. The van der Waals surface area contributed by atoms with E-state index in [0.717, 1.165) is 18.7 Å². The van der Waals surface area contributed by atoms with E-state index >= 15 is 0 Å². The molecule has 4 aliphatic heterocycles. The van der Waals surface area contributed by atoms with Crippen LogP contribution in [0.1, 0.15) is 64.5 Å². The molecule has 4 heterocycles. The second kappa shape index (κ2) is 17.5. The lowest BCUT2D eigenvalue weighted by molar-refractivity contribution is -0.165. The van der Waals surface area contributed by atoms with E-state index < -0.39 is 53.7 Å². The third kappa shape index (κ3) is 7.71. The Morgan fingerprint density at radius 2 is 1.85 bits per heavy atom. The molecule has 0 unspecified atom stereocenters. The Hall–Kier alpha value is -3.58. The van der Waals surface area contributed by atoms with Crippen molar-refractivity contribution in [1.82, 2.24) is 19.6 Å². The summed E-state index contributed by atoms with van der Waals surface area (Å²) in [6.07, 6.45) is 4.32. The lowest BCUT2D eigenvalue weighted by atomic mass is 9.70.